The van der Waals surface area contributed by atoms with E-state index in [4.69, 9.17) is 5.73 Å². The topological polar surface area (TPSA) is 91.5 Å². The van der Waals surface area contributed by atoms with Gasteiger partial charge in [0.25, 0.3) is 5.91 Å². The number of rotatable bonds is 3. The maximum Gasteiger partial charge on any atom is 0.434 e. The van der Waals surface area contributed by atoms with Gasteiger partial charge in [0.1, 0.15) is 0 Å². The maximum absolute atomic E-state index is 12.0. The van der Waals surface area contributed by atoms with E-state index < -0.39 is 23.7 Å². The third-order valence-electron chi connectivity index (χ3n) is 1.72. The number of carbonyl (C=O) groups excluding carboxylic acids is 2. The molecular formula is C11H13F3N2O4S2. The van der Waals surface area contributed by atoms with Gasteiger partial charge in [-0.1, -0.05) is 0 Å². The van der Waals surface area contributed by atoms with Crippen LogP contribution in [0.2, 0.25) is 0 Å². The minimum atomic E-state index is -4.51. The highest BCUT2D eigenvalue weighted by Crippen LogP contribution is 2.30. The van der Waals surface area contributed by atoms with Gasteiger partial charge in [-0.05, 0) is 26.1 Å². The van der Waals surface area contributed by atoms with Crippen LogP contribution in [0.15, 0.2) is 5.38 Å². The number of amides is 1. The number of esters is 1. The second kappa shape index (κ2) is 9.30. The Morgan fingerprint density at radius 2 is 1.86 bits per heavy atom. The highest BCUT2D eigenvalue weighted by Gasteiger charge is 2.34. The fourth-order valence-corrected chi connectivity index (χ4v) is 1.73. The predicted molar refractivity (Wildman–Crippen MR) is 76.5 cm³/mol. The Kier molecular flexibility index (Phi) is 8.56. The van der Waals surface area contributed by atoms with Crippen molar-refractivity contribution < 1.29 is 32.2 Å². The molecule has 0 unspecified atom stereocenters. The van der Waals surface area contributed by atoms with Crippen LogP contribution in [0, 0.1) is 0 Å². The lowest BCUT2D eigenvalue weighted by Gasteiger charge is -1.99. The van der Waals surface area contributed by atoms with Crippen molar-refractivity contribution in [1.82, 2.24) is 4.98 Å². The summed E-state index contributed by atoms with van der Waals surface area (Å²) in [7, 11) is 0. The van der Waals surface area contributed by atoms with E-state index in [2.05, 4.69) is 26.7 Å². The largest absolute Gasteiger partial charge is 0.480 e. The van der Waals surface area contributed by atoms with Crippen LogP contribution in [0.4, 0.5) is 13.2 Å². The Morgan fingerprint density at radius 1 is 1.32 bits per heavy atom. The summed E-state index contributed by atoms with van der Waals surface area (Å²) in [5, 5.41) is 0.360. The Morgan fingerprint density at radius 3 is 2.18 bits per heavy atom. The molecule has 6 nitrogen and oxygen atoms in total. The smallest absolute Gasteiger partial charge is 0.434 e. The Labute approximate surface area is 133 Å². The van der Waals surface area contributed by atoms with Gasteiger partial charge < -0.3 is 15.2 Å². The van der Waals surface area contributed by atoms with Gasteiger partial charge in [-0.3, -0.25) is 4.79 Å². The zero-order chi connectivity index (χ0) is 17.3. The number of hydrogen-bond donors (Lipinski definition) is 1. The van der Waals surface area contributed by atoms with Crippen LogP contribution in [0.25, 0.3) is 0 Å². The normalized spacial score (nSPS) is 10.2. The van der Waals surface area contributed by atoms with Crippen molar-refractivity contribution >= 4 is 40.5 Å². The summed E-state index contributed by atoms with van der Waals surface area (Å²) in [6.07, 6.45) is -4.51. The Bertz CT molecular complexity index is 532. The number of thiazole rings is 1. The van der Waals surface area contributed by atoms with Crippen LogP contribution in [0.5, 0.6) is 0 Å². The molecule has 1 rings (SSSR count). The fourth-order valence-electron chi connectivity index (χ4n) is 0.893. The first-order valence-corrected chi connectivity index (χ1v) is 7.08. The summed E-state index contributed by atoms with van der Waals surface area (Å²) in [4.78, 5) is 24.1. The van der Waals surface area contributed by atoms with E-state index in [9.17, 15) is 22.8 Å². The van der Waals surface area contributed by atoms with Gasteiger partial charge in [-0.15, -0.1) is 11.3 Å². The maximum atomic E-state index is 12.0. The van der Waals surface area contributed by atoms with Crippen molar-refractivity contribution in [1.29, 1.82) is 0 Å². The molecular weight excluding hydrogens is 345 g/mol. The van der Waals surface area contributed by atoms with E-state index in [0.29, 0.717) is 17.9 Å². The minimum absolute atomic E-state index is 0.111. The number of ether oxygens (including phenoxy) is 2. The second-order valence-corrected chi connectivity index (χ2v) is 4.57. The summed E-state index contributed by atoms with van der Waals surface area (Å²) < 4.78 is 45.2. The molecule has 0 bridgehead atoms. The molecule has 0 aliphatic heterocycles. The monoisotopic (exact) mass is 358 g/mol. The molecule has 0 aliphatic carbocycles. The molecule has 0 atom stereocenters. The van der Waals surface area contributed by atoms with Gasteiger partial charge in [0.15, 0.2) is 5.69 Å². The molecule has 0 fully saturated rings. The molecule has 124 valence electrons. The van der Waals surface area contributed by atoms with E-state index in [0.717, 1.165) is 5.38 Å². The summed E-state index contributed by atoms with van der Waals surface area (Å²) >= 11 is 5.00. The first-order valence-electron chi connectivity index (χ1n) is 5.79. The molecule has 1 aromatic rings. The third kappa shape index (κ3) is 7.31. The number of aromatic nitrogens is 1. The molecule has 1 amide bonds. The lowest BCUT2D eigenvalue weighted by Crippen LogP contribution is -2.23. The van der Waals surface area contributed by atoms with Crippen molar-refractivity contribution in [2.75, 3.05) is 13.2 Å². The number of carbonyl (C=O) groups is 2. The molecule has 22 heavy (non-hydrogen) atoms. The highest BCUT2D eigenvalue weighted by atomic mass is 32.1. The van der Waals surface area contributed by atoms with Gasteiger partial charge in [0.05, 0.1) is 13.2 Å². The molecule has 0 saturated carbocycles. The quantitative estimate of drug-likeness (QED) is 0.658. The van der Waals surface area contributed by atoms with Crippen molar-refractivity contribution in [2.24, 2.45) is 5.73 Å². The van der Waals surface area contributed by atoms with Crippen LogP contribution < -0.4 is 5.73 Å². The van der Waals surface area contributed by atoms with E-state index in [-0.39, 0.29) is 16.7 Å². The van der Waals surface area contributed by atoms with Gasteiger partial charge in [0.2, 0.25) is 10.1 Å². The lowest BCUT2D eigenvalue weighted by atomic mass is 10.5. The van der Waals surface area contributed by atoms with Crippen LogP contribution >= 0.6 is 23.6 Å². The van der Waals surface area contributed by atoms with Crippen LogP contribution in [0.3, 0.4) is 0 Å². The summed E-state index contributed by atoms with van der Waals surface area (Å²) in [6, 6.07) is 0. The SMILES string of the molecule is CCOC(=O)c1nc(C(F)(F)F)cs1.CCOC(=S)C(N)=O. The molecule has 11 heteroatoms. The predicted octanol–water partition coefficient (Wildman–Crippen LogP) is 2.17. The molecule has 2 N–H and O–H groups in total. The third-order valence-corrected chi connectivity index (χ3v) is 2.86. The molecule has 0 radical (unpaired) electrons. The lowest BCUT2D eigenvalue weighted by molar-refractivity contribution is -0.140. The van der Waals surface area contributed by atoms with Crippen molar-refractivity contribution in [3.63, 3.8) is 0 Å². The number of nitrogens with two attached hydrogens (primary N) is 1. The van der Waals surface area contributed by atoms with Crippen LogP contribution in [0.1, 0.15) is 29.3 Å². The van der Waals surface area contributed by atoms with Crippen LogP contribution in [-0.2, 0) is 20.4 Å². The molecule has 0 aliphatic rings. The van der Waals surface area contributed by atoms with E-state index in [1.54, 1.807) is 13.8 Å². The zero-order valence-electron chi connectivity index (χ0n) is 11.6. The summed E-state index contributed by atoms with van der Waals surface area (Å²) in [5.41, 5.74) is 3.65. The van der Waals surface area contributed by atoms with Crippen molar-refractivity contribution in [3.8, 4) is 0 Å². The Hall–Kier alpha value is -1.75. The van der Waals surface area contributed by atoms with Crippen LogP contribution in [-0.4, -0.2) is 35.1 Å². The molecule has 0 spiro atoms. The number of halogens is 3. The van der Waals surface area contributed by atoms with Gasteiger partial charge in [0, 0.05) is 5.38 Å². The molecule has 0 saturated heterocycles. The van der Waals surface area contributed by atoms with Gasteiger partial charge >= 0.3 is 12.1 Å². The summed E-state index contributed by atoms with van der Waals surface area (Å²) in [6.45, 7) is 3.80. The Balaban J connectivity index is 0.000000472. The fraction of sp³-hybridized carbons (Fsp3) is 0.455. The number of thiocarbonyl (C=S) groups is 1. The molecule has 0 aromatic carbocycles. The van der Waals surface area contributed by atoms with Crippen molar-refractivity contribution in [2.45, 2.75) is 20.0 Å². The van der Waals surface area contributed by atoms with E-state index >= 15 is 0 Å². The average molecular weight is 358 g/mol. The standard InChI is InChI=1S/C7H6F3NO2S.C4H7NO2S/c1-2-13-6(12)5-11-4(3-14-5)7(8,9)10;1-2-7-4(8)3(5)6/h3H,2H2,1H3;2H2,1H3,(H2,5,6). The highest BCUT2D eigenvalue weighted by molar-refractivity contribution is 7.81. The van der Waals surface area contributed by atoms with Gasteiger partial charge in [-0.2, -0.15) is 13.2 Å². The van der Waals surface area contributed by atoms with Crippen molar-refractivity contribution in [3.05, 3.63) is 16.1 Å². The average Bonchev–Trinajstić information content (AvgIpc) is 2.89. The summed E-state index contributed by atoms with van der Waals surface area (Å²) in [5.74, 6) is -1.50. The zero-order valence-corrected chi connectivity index (χ0v) is 13.2. The second-order valence-electron chi connectivity index (χ2n) is 3.34. The number of hydrogen-bond acceptors (Lipinski definition) is 7. The number of primary amides is 1. The first-order chi connectivity index (χ1) is 10.1. The molecule has 1 aromatic heterocycles. The minimum Gasteiger partial charge on any atom is -0.480 e. The first kappa shape index (κ1) is 20.2. The van der Waals surface area contributed by atoms with Gasteiger partial charge in [-0.25, -0.2) is 9.78 Å². The molecule has 1 heterocycles. The number of nitrogens with zero attached hydrogens (tertiary/aromatic N) is 1. The number of alkyl halides is 3. The van der Waals surface area contributed by atoms with E-state index in [1.165, 1.54) is 0 Å². The van der Waals surface area contributed by atoms with E-state index in [1.807, 2.05) is 0 Å².